The number of hydrogen-bond acceptors (Lipinski definition) is 5. The average Bonchev–Trinajstić information content (AvgIpc) is 2.71. The first-order valence-corrected chi connectivity index (χ1v) is 9.69. The first-order valence-electron chi connectivity index (χ1n) is 9.69. The monoisotopic (exact) mass is 385 g/mol. The highest BCUT2D eigenvalue weighted by Crippen LogP contribution is 2.21. The van der Waals surface area contributed by atoms with Crippen molar-refractivity contribution in [1.29, 1.82) is 0 Å². The lowest BCUT2D eigenvalue weighted by molar-refractivity contribution is -0.150. The van der Waals surface area contributed by atoms with Crippen LogP contribution in [0.3, 0.4) is 0 Å². The molecule has 0 aliphatic heterocycles. The van der Waals surface area contributed by atoms with Gasteiger partial charge in [-0.3, -0.25) is 4.79 Å². The van der Waals surface area contributed by atoms with Gasteiger partial charge in [-0.1, -0.05) is 37.3 Å². The van der Waals surface area contributed by atoms with E-state index in [0.717, 1.165) is 29.9 Å². The molecule has 152 valence electrons. The molecular weight excluding hydrogens is 354 g/mol. The van der Waals surface area contributed by atoms with Crippen LogP contribution < -0.4 is 9.47 Å². The van der Waals surface area contributed by atoms with Gasteiger partial charge >= 0.3 is 5.97 Å². The highest BCUT2D eigenvalue weighted by Gasteiger charge is 2.16. The van der Waals surface area contributed by atoms with Gasteiger partial charge in [0, 0.05) is 13.0 Å². The molecule has 28 heavy (non-hydrogen) atoms. The van der Waals surface area contributed by atoms with Crippen LogP contribution in [0.5, 0.6) is 11.5 Å². The molecule has 0 N–H and O–H groups in total. The first-order chi connectivity index (χ1) is 13.5. The number of carbonyl (C=O) groups excluding carboxylic acids is 1. The van der Waals surface area contributed by atoms with E-state index in [9.17, 15) is 4.79 Å². The van der Waals surface area contributed by atoms with E-state index in [0.29, 0.717) is 19.6 Å². The summed E-state index contributed by atoms with van der Waals surface area (Å²) in [5.74, 6) is 1.50. The van der Waals surface area contributed by atoms with Gasteiger partial charge in [-0.2, -0.15) is 0 Å². The molecule has 0 radical (unpaired) electrons. The minimum Gasteiger partial charge on any atom is -0.497 e. The summed E-state index contributed by atoms with van der Waals surface area (Å²) in [4.78, 5) is 13.7. The lowest BCUT2D eigenvalue weighted by Crippen LogP contribution is -2.35. The van der Waals surface area contributed by atoms with Gasteiger partial charge in [0.25, 0.3) is 0 Å². The Morgan fingerprint density at radius 3 is 2.39 bits per heavy atom. The molecule has 0 fully saturated rings. The molecule has 5 nitrogen and oxygen atoms in total. The second-order valence-electron chi connectivity index (χ2n) is 6.99. The Kier molecular flexibility index (Phi) is 8.82. The van der Waals surface area contributed by atoms with Gasteiger partial charge in [-0.15, -0.1) is 0 Å². The van der Waals surface area contributed by atoms with Crippen LogP contribution in [-0.4, -0.2) is 51.3 Å². The summed E-state index contributed by atoms with van der Waals surface area (Å²) in [6, 6.07) is 16.2. The fraction of sp³-hybridized carbons (Fsp3) is 0.435. The lowest BCUT2D eigenvalue weighted by atomic mass is 10.0. The third-order valence-corrected chi connectivity index (χ3v) is 4.39. The predicted molar refractivity (Wildman–Crippen MR) is 111 cm³/mol. The van der Waals surface area contributed by atoms with E-state index in [1.54, 1.807) is 14.0 Å². The molecule has 0 saturated carbocycles. The number of carbonyl (C=O) groups is 1. The fourth-order valence-corrected chi connectivity index (χ4v) is 2.91. The van der Waals surface area contributed by atoms with E-state index in [-0.39, 0.29) is 12.1 Å². The summed E-state index contributed by atoms with van der Waals surface area (Å²) in [6.45, 7) is 2.76. The third kappa shape index (κ3) is 7.24. The van der Waals surface area contributed by atoms with E-state index < -0.39 is 0 Å². The quantitative estimate of drug-likeness (QED) is 0.552. The van der Waals surface area contributed by atoms with Crippen molar-refractivity contribution in [3.63, 3.8) is 0 Å². The molecule has 0 unspecified atom stereocenters. The number of para-hydroxylation sites is 1. The average molecular weight is 386 g/mol. The molecule has 0 amide bonds. The fourth-order valence-electron chi connectivity index (χ4n) is 2.91. The standard InChI is InChI=1S/C23H31NO4/c1-5-23(25)28-21(16-24(2)3)17-27-22-9-7-6-8-19(22)13-10-18-11-14-20(26-4)15-12-18/h6-9,11-12,14-15,21H,5,10,13,16-17H2,1-4H3/t21-/m0/s1. The zero-order chi connectivity index (χ0) is 20.4. The second-order valence-corrected chi connectivity index (χ2v) is 6.99. The Hall–Kier alpha value is -2.53. The lowest BCUT2D eigenvalue weighted by Gasteiger charge is -2.22. The summed E-state index contributed by atoms with van der Waals surface area (Å²) >= 11 is 0. The molecule has 0 spiro atoms. The highest BCUT2D eigenvalue weighted by molar-refractivity contribution is 5.69. The Balaban J connectivity index is 1.98. The molecule has 0 heterocycles. The van der Waals surface area contributed by atoms with Crippen molar-refractivity contribution in [1.82, 2.24) is 4.90 Å². The minimum absolute atomic E-state index is 0.205. The molecule has 1 atom stereocenters. The molecule has 0 bridgehead atoms. The topological polar surface area (TPSA) is 48.0 Å². The number of ether oxygens (including phenoxy) is 3. The molecule has 0 aliphatic carbocycles. The Bertz CT molecular complexity index is 728. The molecule has 2 rings (SSSR count). The maximum absolute atomic E-state index is 11.7. The van der Waals surface area contributed by atoms with Gasteiger partial charge in [-0.25, -0.2) is 0 Å². The van der Waals surface area contributed by atoms with Gasteiger partial charge in [0.2, 0.25) is 0 Å². The number of rotatable bonds is 11. The summed E-state index contributed by atoms with van der Waals surface area (Å²) in [6.07, 6.45) is 1.85. The summed E-state index contributed by atoms with van der Waals surface area (Å²) in [5, 5.41) is 0. The van der Waals surface area contributed by atoms with Crippen molar-refractivity contribution < 1.29 is 19.0 Å². The second kappa shape index (κ2) is 11.3. The molecule has 0 aliphatic rings. The maximum atomic E-state index is 11.7. The number of esters is 1. The van der Waals surface area contributed by atoms with E-state index in [2.05, 4.69) is 18.2 Å². The normalized spacial score (nSPS) is 11.9. The van der Waals surface area contributed by atoms with Crippen molar-refractivity contribution in [2.75, 3.05) is 34.4 Å². The minimum atomic E-state index is -0.294. The third-order valence-electron chi connectivity index (χ3n) is 4.39. The zero-order valence-electron chi connectivity index (χ0n) is 17.3. The largest absolute Gasteiger partial charge is 0.497 e. The van der Waals surface area contributed by atoms with E-state index in [1.165, 1.54) is 5.56 Å². The van der Waals surface area contributed by atoms with Crippen molar-refractivity contribution >= 4 is 5.97 Å². The zero-order valence-corrected chi connectivity index (χ0v) is 17.3. The van der Waals surface area contributed by atoms with Gasteiger partial charge < -0.3 is 19.1 Å². The number of hydrogen-bond donors (Lipinski definition) is 0. The summed E-state index contributed by atoms with van der Waals surface area (Å²) < 4.78 is 16.8. The van der Waals surface area contributed by atoms with Crippen LogP contribution in [0.4, 0.5) is 0 Å². The van der Waals surface area contributed by atoms with Crippen LogP contribution >= 0.6 is 0 Å². The van der Waals surface area contributed by atoms with Crippen molar-refractivity contribution in [3.05, 3.63) is 59.7 Å². The molecule has 2 aromatic carbocycles. The molecule has 0 aromatic heterocycles. The Morgan fingerprint density at radius 2 is 1.75 bits per heavy atom. The van der Waals surface area contributed by atoms with Crippen LogP contribution in [0.15, 0.2) is 48.5 Å². The van der Waals surface area contributed by atoms with Crippen LogP contribution in [0.1, 0.15) is 24.5 Å². The summed E-state index contributed by atoms with van der Waals surface area (Å²) in [5.41, 5.74) is 2.39. The van der Waals surface area contributed by atoms with E-state index in [1.807, 2.05) is 49.3 Å². The van der Waals surface area contributed by atoms with Crippen LogP contribution in [-0.2, 0) is 22.4 Å². The number of methoxy groups -OCH3 is 1. The van der Waals surface area contributed by atoms with Gasteiger partial charge in [0.15, 0.2) is 0 Å². The predicted octanol–water partition coefficient (Wildman–Crippen LogP) is 3.74. The molecule has 0 saturated heterocycles. The Morgan fingerprint density at radius 1 is 1.04 bits per heavy atom. The van der Waals surface area contributed by atoms with Crippen molar-refractivity contribution in [2.45, 2.75) is 32.3 Å². The number of benzene rings is 2. The highest BCUT2D eigenvalue weighted by atomic mass is 16.6. The van der Waals surface area contributed by atoms with Crippen LogP contribution in [0.25, 0.3) is 0 Å². The van der Waals surface area contributed by atoms with Gasteiger partial charge in [0.1, 0.15) is 24.2 Å². The summed E-state index contributed by atoms with van der Waals surface area (Å²) in [7, 11) is 5.58. The maximum Gasteiger partial charge on any atom is 0.305 e. The number of likely N-dealkylation sites (N-methyl/N-ethyl adjacent to an activating group) is 1. The number of aryl methyl sites for hydroxylation is 2. The van der Waals surface area contributed by atoms with Crippen molar-refractivity contribution in [2.24, 2.45) is 0 Å². The number of nitrogens with zero attached hydrogens (tertiary/aromatic N) is 1. The van der Waals surface area contributed by atoms with Crippen molar-refractivity contribution in [3.8, 4) is 11.5 Å². The smallest absolute Gasteiger partial charge is 0.305 e. The Labute approximate surface area is 168 Å². The van der Waals surface area contributed by atoms with Crippen LogP contribution in [0.2, 0.25) is 0 Å². The first kappa shape index (κ1) is 21.8. The molecule has 5 heteroatoms. The SMILES string of the molecule is CCC(=O)O[C@H](COc1ccccc1CCc1ccc(OC)cc1)CN(C)C. The van der Waals surface area contributed by atoms with E-state index in [4.69, 9.17) is 14.2 Å². The van der Waals surface area contributed by atoms with E-state index >= 15 is 0 Å². The van der Waals surface area contributed by atoms with Crippen LogP contribution in [0, 0.1) is 0 Å². The van der Waals surface area contributed by atoms with Gasteiger partial charge in [-0.05, 0) is 56.3 Å². The molecule has 2 aromatic rings. The van der Waals surface area contributed by atoms with Gasteiger partial charge in [0.05, 0.1) is 7.11 Å². The molecular formula is C23H31NO4.